The lowest BCUT2D eigenvalue weighted by molar-refractivity contribution is -0.120. The molecule has 2 amide bonds. The third-order valence-electron chi connectivity index (χ3n) is 5.40. The van der Waals surface area contributed by atoms with Gasteiger partial charge in [-0.15, -0.1) is 5.10 Å². The summed E-state index contributed by atoms with van der Waals surface area (Å²) in [6, 6.07) is 19.5. The van der Waals surface area contributed by atoms with Gasteiger partial charge in [0.1, 0.15) is 18.5 Å². The molecule has 1 unspecified atom stereocenters. The van der Waals surface area contributed by atoms with Crippen LogP contribution in [0.3, 0.4) is 0 Å². The van der Waals surface area contributed by atoms with Gasteiger partial charge in [0.15, 0.2) is 5.82 Å². The fourth-order valence-corrected chi connectivity index (χ4v) is 3.74. The molecule has 0 saturated carbocycles. The zero-order valence-electron chi connectivity index (χ0n) is 17.3. The first kappa shape index (κ1) is 19.9. The zero-order chi connectivity index (χ0) is 22.1. The van der Waals surface area contributed by atoms with E-state index in [0.29, 0.717) is 30.4 Å². The van der Waals surface area contributed by atoms with Crippen LogP contribution in [0.2, 0.25) is 0 Å². The Morgan fingerprint density at radius 1 is 1.16 bits per heavy atom. The first-order chi connectivity index (χ1) is 15.6. The number of carbonyl (C=O) groups is 2. The maximum absolute atomic E-state index is 12.8. The summed E-state index contributed by atoms with van der Waals surface area (Å²) in [6.45, 7) is 0.984. The topological polar surface area (TPSA) is 90.9 Å². The Morgan fingerprint density at radius 3 is 2.78 bits per heavy atom. The minimum Gasteiger partial charge on any atom is -0.489 e. The largest absolute Gasteiger partial charge is 0.587 e. The van der Waals surface area contributed by atoms with Gasteiger partial charge in [0.2, 0.25) is 5.92 Å². The van der Waals surface area contributed by atoms with E-state index in [0.717, 1.165) is 5.56 Å². The van der Waals surface area contributed by atoms with E-state index < -0.39 is 17.9 Å². The summed E-state index contributed by atoms with van der Waals surface area (Å²) >= 11 is 0. The van der Waals surface area contributed by atoms with Crippen molar-refractivity contribution in [1.82, 2.24) is 14.8 Å². The lowest BCUT2D eigenvalue weighted by Gasteiger charge is -2.22. The van der Waals surface area contributed by atoms with Crippen LogP contribution >= 0.6 is 0 Å². The number of rotatable bonds is 2. The van der Waals surface area contributed by atoms with Gasteiger partial charge in [0.05, 0.1) is 18.8 Å². The standard InChI is InChI=1S/C23H20N5O4/c1-27-17-9-5-6-10-18(17)32-14-16(23(27)30)13-24-22(29)20-25-21-19(15-7-3-2-4-8-15)31-12-11-28(21)26-20/h2-10,16,19H,11-12,14H2,1H3/q+1/t16?,19-/m1/s1. The van der Waals surface area contributed by atoms with Gasteiger partial charge in [0.25, 0.3) is 5.91 Å². The van der Waals surface area contributed by atoms with Crippen LogP contribution in [0.1, 0.15) is 28.1 Å². The quantitative estimate of drug-likeness (QED) is 0.621. The van der Waals surface area contributed by atoms with E-state index in [1.165, 1.54) is 4.90 Å². The van der Waals surface area contributed by atoms with Crippen molar-refractivity contribution in [1.29, 1.82) is 0 Å². The van der Waals surface area contributed by atoms with Crippen LogP contribution < -0.4 is 9.64 Å². The summed E-state index contributed by atoms with van der Waals surface area (Å²) in [7, 11) is 1.65. The number of benzene rings is 2. The monoisotopic (exact) mass is 430 g/mol. The van der Waals surface area contributed by atoms with Gasteiger partial charge in [-0.25, -0.2) is 4.68 Å². The van der Waals surface area contributed by atoms with Crippen LogP contribution in [0, 0.1) is 12.0 Å². The van der Waals surface area contributed by atoms with E-state index in [-0.39, 0.29) is 18.3 Å². The van der Waals surface area contributed by atoms with Crippen molar-refractivity contribution >= 4 is 17.5 Å². The van der Waals surface area contributed by atoms with Gasteiger partial charge < -0.3 is 14.4 Å². The van der Waals surface area contributed by atoms with Crippen molar-refractivity contribution < 1.29 is 19.1 Å². The summed E-state index contributed by atoms with van der Waals surface area (Å²) in [6.07, 6.45) is -0.407. The minimum absolute atomic E-state index is 0.0357. The molecule has 3 heterocycles. The van der Waals surface area contributed by atoms with Crippen LogP contribution in [0.4, 0.5) is 5.69 Å². The molecule has 9 nitrogen and oxygen atoms in total. The van der Waals surface area contributed by atoms with Crippen molar-refractivity contribution in [3.63, 3.8) is 0 Å². The Bertz CT molecular complexity index is 1240. The van der Waals surface area contributed by atoms with Gasteiger partial charge in [0, 0.05) is 11.9 Å². The number of nitrogens with zero attached hydrogens (tertiary/aromatic N) is 5. The van der Waals surface area contributed by atoms with E-state index >= 15 is 0 Å². The lowest BCUT2D eigenvalue weighted by atomic mass is 10.1. The normalized spacial score (nSPS) is 19.7. The summed E-state index contributed by atoms with van der Waals surface area (Å²) in [5.74, 6) is -0.678. The number of amides is 2. The maximum Gasteiger partial charge on any atom is 0.587 e. The predicted octanol–water partition coefficient (Wildman–Crippen LogP) is 2.54. The van der Waals surface area contributed by atoms with Crippen LogP contribution in [-0.4, -0.2) is 46.8 Å². The Labute approximate surface area is 184 Å². The summed E-state index contributed by atoms with van der Waals surface area (Å²) < 4.78 is 13.2. The van der Waals surface area contributed by atoms with Gasteiger partial charge >= 0.3 is 17.8 Å². The van der Waals surface area contributed by atoms with Gasteiger partial charge in [-0.1, -0.05) is 42.5 Å². The Hall–Kier alpha value is -4.03. The van der Waals surface area contributed by atoms with E-state index in [1.807, 2.05) is 42.5 Å². The van der Waals surface area contributed by atoms with Gasteiger partial charge in [-0.2, -0.15) is 9.78 Å². The van der Waals surface area contributed by atoms with Crippen molar-refractivity contribution in [3.05, 3.63) is 76.7 Å². The molecule has 2 aromatic carbocycles. The third kappa shape index (κ3) is 3.61. The molecular weight excluding hydrogens is 410 g/mol. The van der Waals surface area contributed by atoms with E-state index in [9.17, 15) is 9.59 Å². The second kappa shape index (κ2) is 8.24. The Kier molecular flexibility index (Phi) is 5.13. The second-order valence-electron chi connectivity index (χ2n) is 7.45. The van der Waals surface area contributed by atoms with Crippen molar-refractivity contribution in [2.24, 2.45) is 5.92 Å². The molecule has 0 saturated heterocycles. The summed E-state index contributed by atoms with van der Waals surface area (Å²) in [4.78, 5) is 35.2. The predicted molar refractivity (Wildman–Crippen MR) is 115 cm³/mol. The smallest absolute Gasteiger partial charge is 0.489 e. The van der Waals surface area contributed by atoms with Gasteiger partial charge in [-0.3, -0.25) is 4.79 Å². The fraction of sp³-hybridized carbons (Fsp3) is 0.261. The third-order valence-corrected chi connectivity index (χ3v) is 5.40. The van der Waals surface area contributed by atoms with Gasteiger partial charge in [-0.05, 0) is 17.7 Å². The molecule has 0 N–H and O–H groups in total. The number of fused-ring (bicyclic) bond motifs is 2. The van der Waals surface area contributed by atoms with E-state index in [1.54, 1.807) is 23.9 Å². The average molecular weight is 430 g/mol. The molecule has 160 valence electrons. The molecule has 1 aromatic heterocycles. The molecular formula is C23H20N5O4+. The molecule has 0 aliphatic carbocycles. The molecule has 0 bridgehead atoms. The number of anilines is 1. The highest BCUT2D eigenvalue weighted by molar-refractivity contribution is 6.01. The highest BCUT2D eigenvalue weighted by Crippen LogP contribution is 2.31. The molecule has 0 spiro atoms. The van der Waals surface area contributed by atoms with Crippen LogP contribution in [0.15, 0.2) is 54.6 Å². The SMILES string of the molecule is CN1C(=O)C(C#[N+]C(=O)c2nc3n(n2)CCO[C@@H]3c2ccccc2)COc2ccccc21. The van der Waals surface area contributed by atoms with E-state index in [4.69, 9.17) is 9.47 Å². The highest BCUT2D eigenvalue weighted by atomic mass is 16.5. The summed E-state index contributed by atoms with van der Waals surface area (Å²) in [5.41, 5.74) is 1.59. The zero-order valence-corrected chi connectivity index (χ0v) is 17.3. The molecule has 9 heteroatoms. The minimum atomic E-state index is -0.825. The Balaban J connectivity index is 1.37. The molecule has 32 heavy (non-hydrogen) atoms. The maximum atomic E-state index is 12.8. The fourth-order valence-electron chi connectivity index (χ4n) is 3.74. The molecule has 2 aliphatic heterocycles. The number of hydrogen-bond acceptors (Lipinski definition) is 6. The van der Waals surface area contributed by atoms with Crippen LogP contribution in [0.25, 0.3) is 4.85 Å². The average Bonchev–Trinajstić information content (AvgIpc) is 3.24. The molecule has 2 aliphatic rings. The molecule has 0 fully saturated rings. The Morgan fingerprint density at radius 2 is 1.94 bits per heavy atom. The second-order valence-corrected chi connectivity index (χ2v) is 7.45. The summed E-state index contributed by atoms with van der Waals surface area (Å²) in [5, 5.41) is 4.29. The number of carbonyl (C=O) groups excluding carboxylic acids is 2. The number of para-hydroxylation sites is 2. The first-order valence-electron chi connectivity index (χ1n) is 10.2. The van der Waals surface area contributed by atoms with Crippen molar-refractivity contribution in [3.8, 4) is 11.8 Å². The molecule has 2 atom stereocenters. The van der Waals surface area contributed by atoms with Crippen molar-refractivity contribution in [2.45, 2.75) is 12.6 Å². The van der Waals surface area contributed by atoms with E-state index in [2.05, 4.69) is 21.0 Å². The highest BCUT2D eigenvalue weighted by Gasteiger charge is 2.35. The molecule has 0 radical (unpaired) electrons. The van der Waals surface area contributed by atoms with Crippen molar-refractivity contribution in [2.75, 3.05) is 25.2 Å². The molecule has 3 aromatic rings. The number of hydrogen-bond donors (Lipinski definition) is 0. The number of ether oxygens (including phenoxy) is 2. The molecule has 5 rings (SSSR count). The van der Waals surface area contributed by atoms with Crippen LogP contribution in [0.5, 0.6) is 5.75 Å². The number of aromatic nitrogens is 3. The first-order valence-corrected chi connectivity index (χ1v) is 10.2. The van der Waals surface area contributed by atoms with Crippen LogP contribution in [-0.2, 0) is 16.1 Å². The lowest BCUT2D eigenvalue weighted by Crippen LogP contribution is -2.32.